The Morgan fingerprint density at radius 1 is 1.30 bits per heavy atom. The molecule has 104 valence electrons. The number of halogens is 1. The quantitative estimate of drug-likeness (QED) is 0.877. The summed E-state index contributed by atoms with van der Waals surface area (Å²) in [6, 6.07) is 10.2. The summed E-state index contributed by atoms with van der Waals surface area (Å²) in [7, 11) is 0. The molecule has 1 unspecified atom stereocenters. The molecule has 2 N–H and O–H groups in total. The van der Waals surface area contributed by atoms with Crippen molar-refractivity contribution in [2.45, 2.75) is 12.5 Å². The van der Waals surface area contributed by atoms with Gasteiger partial charge in [0.1, 0.15) is 0 Å². The number of hydrogen-bond donors (Lipinski definition) is 2. The van der Waals surface area contributed by atoms with E-state index in [1.807, 2.05) is 30.3 Å². The predicted molar refractivity (Wildman–Crippen MR) is 72.5 cm³/mol. The number of aliphatic hydroxyl groups excluding tert-OH is 1. The highest BCUT2D eigenvalue weighted by Crippen LogP contribution is 2.17. The zero-order valence-electron chi connectivity index (χ0n) is 10.8. The van der Waals surface area contributed by atoms with Crippen LogP contribution in [0.1, 0.15) is 28.4 Å². The fourth-order valence-electron chi connectivity index (χ4n) is 1.93. The number of pyridine rings is 1. The first-order valence-corrected chi connectivity index (χ1v) is 6.28. The Balaban J connectivity index is 2.17. The molecule has 5 heteroatoms. The second-order valence-corrected chi connectivity index (χ2v) is 4.30. The number of hydrogen-bond acceptors (Lipinski definition) is 3. The first kappa shape index (κ1) is 14.1. The van der Waals surface area contributed by atoms with E-state index in [1.165, 1.54) is 12.3 Å². The lowest BCUT2D eigenvalue weighted by Crippen LogP contribution is -2.30. The molecule has 0 fully saturated rings. The lowest BCUT2D eigenvalue weighted by atomic mass is 10.0. The van der Waals surface area contributed by atoms with E-state index in [2.05, 4.69) is 10.3 Å². The zero-order valence-corrected chi connectivity index (χ0v) is 10.8. The highest BCUT2D eigenvalue weighted by molar-refractivity contribution is 5.94. The van der Waals surface area contributed by atoms with Gasteiger partial charge < -0.3 is 10.4 Å². The molecular weight excluding hydrogens is 259 g/mol. The summed E-state index contributed by atoms with van der Waals surface area (Å²) in [6.07, 6.45) is 2.72. The third-order valence-electron chi connectivity index (χ3n) is 2.94. The number of amides is 1. The van der Waals surface area contributed by atoms with Crippen molar-refractivity contribution in [3.05, 3.63) is 65.7 Å². The fraction of sp³-hybridized carbons (Fsp3) is 0.200. The Morgan fingerprint density at radius 3 is 2.70 bits per heavy atom. The molecule has 0 saturated carbocycles. The summed E-state index contributed by atoms with van der Waals surface area (Å²) in [5.74, 6) is -1.19. The van der Waals surface area contributed by atoms with E-state index >= 15 is 0 Å². The minimum Gasteiger partial charge on any atom is -0.396 e. The summed E-state index contributed by atoms with van der Waals surface area (Å²) >= 11 is 0. The van der Waals surface area contributed by atoms with Crippen LogP contribution in [0.2, 0.25) is 0 Å². The summed E-state index contributed by atoms with van der Waals surface area (Å²) in [5, 5.41) is 11.8. The van der Waals surface area contributed by atoms with Crippen LogP contribution in [0.25, 0.3) is 0 Å². The molecule has 20 heavy (non-hydrogen) atoms. The molecule has 1 aromatic carbocycles. The normalized spacial score (nSPS) is 11.9. The van der Waals surface area contributed by atoms with Crippen LogP contribution in [0, 0.1) is 5.82 Å². The molecule has 0 bridgehead atoms. The molecule has 4 nitrogen and oxygen atoms in total. The van der Waals surface area contributed by atoms with Gasteiger partial charge in [-0.05, 0) is 18.1 Å². The van der Waals surface area contributed by atoms with Crippen molar-refractivity contribution < 1.29 is 14.3 Å². The van der Waals surface area contributed by atoms with Gasteiger partial charge in [-0.15, -0.1) is 0 Å². The number of rotatable bonds is 5. The second-order valence-electron chi connectivity index (χ2n) is 4.30. The van der Waals surface area contributed by atoms with E-state index in [4.69, 9.17) is 5.11 Å². The Bertz CT molecular complexity index is 575. The lowest BCUT2D eigenvalue weighted by Gasteiger charge is -2.18. The maximum absolute atomic E-state index is 13.5. The average molecular weight is 274 g/mol. The van der Waals surface area contributed by atoms with Crippen LogP contribution in [0.15, 0.2) is 48.8 Å². The van der Waals surface area contributed by atoms with E-state index in [-0.39, 0.29) is 18.2 Å². The molecular formula is C15H15FN2O2. The molecule has 2 aromatic rings. The van der Waals surface area contributed by atoms with Crippen LogP contribution in [0.4, 0.5) is 4.39 Å². The van der Waals surface area contributed by atoms with Gasteiger partial charge in [-0.25, -0.2) is 4.39 Å². The molecule has 1 aromatic heterocycles. The van der Waals surface area contributed by atoms with E-state index in [0.717, 1.165) is 11.8 Å². The number of benzene rings is 1. The van der Waals surface area contributed by atoms with Gasteiger partial charge in [-0.2, -0.15) is 0 Å². The van der Waals surface area contributed by atoms with Crippen LogP contribution >= 0.6 is 0 Å². The standard InChI is InChI=1S/C15H15FN2O2/c16-13-10-17-8-6-12(13)15(20)18-14(7-9-19)11-4-2-1-3-5-11/h1-6,8,10,14,19H,7,9H2,(H,18,20). The zero-order chi connectivity index (χ0) is 14.4. The molecule has 1 amide bonds. The topological polar surface area (TPSA) is 62.2 Å². The summed E-state index contributed by atoms with van der Waals surface area (Å²) in [4.78, 5) is 15.7. The van der Waals surface area contributed by atoms with Crippen molar-refractivity contribution in [3.63, 3.8) is 0 Å². The molecule has 2 rings (SSSR count). The number of carbonyl (C=O) groups excluding carboxylic acids is 1. The average Bonchev–Trinajstić information content (AvgIpc) is 2.48. The van der Waals surface area contributed by atoms with Gasteiger partial charge in [-0.3, -0.25) is 9.78 Å². The highest BCUT2D eigenvalue weighted by Gasteiger charge is 2.17. The molecule has 0 spiro atoms. The third-order valence-corrected chi connectivity index (χ3v) is 2.94. The number of aromatic nitrogens is 1. The SMILES string of the molecule is O=C(NC(CCO)c1ccccc1)c1ccncc1F. The van der Waals surface area contributed by atoms with Crippen molar-refractivity contribution in [1.82, 2.24) is 10.3 Å². The molecule has 0 saturated heterocycles. The van der Waals surface area contributed by atoms with E-state index in [1.54, 1.807) is 0 Å². The van der Waals surface area contributed by atoms with Crippen molar-refractivity contribution in [2.75, 3.05) is 6.61 Å². The van der Waals surface area contributed by atoms with Crippen LogP contribution in [-0.2, 0) is 0 Å². The maximum atomic E-state index is 13.5. The number of carbonyl (C=O) groups is 1. The van der Waals surface area contributed by atoms with Gasteiger partial charge in [0.05, 0.1) is 17.8 Å². The Labute approximate surface area is 116 Å². The highest BCUT2D eigenvalue weighted by atomic mass is 19.1. The minimum absolute atomic E-state index is 0.0566. The molecule has 0 aliphatic carbocycles. The minimum atomic E-state index is -0.666. The van der Waals surface area contributed by atoms with Crippen molar-refractivity contribution in [2.24, 2.45) is 0 Å². The van der Waals surface area contributed by atoms with Gasteiger partial charge in [0.25, 0.3) is 5.91 Å². The van der Waals surface area contributed by atoms with Gasteiger partial charge in [0, 0.05) is 12.8 Å². The van der Waals surface area contributed by atoms with Gasteiger partial charge in [0.15, 0.2) is 5.82 Å². The number of nitrogens with one attached hydrogen (secondary N) is 1. The summed E-state index contributed by atoms with van der Waals surface area (Å²) < 4.78 is 13.5. The summed E-state index contributed by atoms with van der Waals surface area (Å²) in [6.45, 7) is -0.0708. The Hall–Kier alpha value is -2.27. The Morgan fingerprint density at radius 2 is 2.05 bits per heavy atom. The van der Waals surface area contributed by atoms with Crippen LogP contribution in [-0.4, -0.2) is 22.6 Å². The largest absolute Gasteiger partial charge is 0.396 e. The van der Waals surface area contributed by atoms with Crippen molar-refractivity contribution >= 4 is 5.91 Å². The van der Waals surface area contributed by atoms with Crippen LogP contribution < -0.4 is 5.32 Å². The van der Waals surface area contributed by atoms with Crippen molar-refractivity contribution in [1.29, 1.82) is 0 Å². The van der Waals surface area contributed by atoms with E-state index in [0.29, 0.717) is 6.42 Å². The monoisotopic (exact) mass is 274 g/mol. The third kappa shape index (κ3) is 3.39. The predicted octanol–water partition coefficient (Wildman–Crippen LogP) is 2.07. The second kappa shape index (κ2) is 6.77. The number of aliphatic hydroxyl groups is 1. The molecule has 1 atom stereocenters. The van der Waals surface area contributed by atoms with Gasteiger partial charge in [0.2, 0.25) is 0 Å². The van der Waals surface area contributed by atoms with E-state index < -0.39 is 11.7 Å². The fourth-order valence-corrected chi connectivity index (χ4v) is 1.93. The summed E-state index contributed by atoms with van der Waals surface area (Å²) in [5.41, 5.74) is 0.809. The van der Waals surface area contributed by atoms with Gasteiger partial charge >= 0.3 is 0 Å². The number of nitrogens with zero attached hydrogens (tertiary/aromatic N) is 1. The first-order valence-electron chi connectivity index (χ1n) is 6.28. The smallest absolute Gasteiger partial charge is 0.254 e. The molecule has 1 heterocycles. The van der Waals surface area contributed by atoms with Crippen molar-refractivity contribution in [3.8, 4) is 0 Å². The van der Waals surface area contributed by atoms with Crippen LogP contribution in [0.3, 0.4) is 0 Å². The lowest BCUT2D eigenvalue weighted by molar-refractivity contribution is 0.0925. The van der Waals surface area contributed by atoms with Gasteiger partial charge in [-0.1, -0.05) is 30.3 Å². The van der Waals surface area contributed by atoms with Crippen LogP contribution in [0.5, 0.6) is 0 Å². The molecule has 0 radical (unpaired) electrons. The maximum Gasteiger partial charge on any atom is 0.254 e. The first-order chi connectivity index (χ1) is 9.72. The van der Waals surface area contributed by atoms with E-state index in [9.17, 15) is 9.18 Å². The molecule has 0 aliphatic rings. The molecule has 0 aliphatic heterocycles. The Kier molecular flexibility index (Phi) is 4.79.